The first-order valence-electron chi connectivity index (χ1n) is 7.18. The number of non-ortho nitro benzene ring substituents is 1. The van der Waals surface area contributed by atoms with Gasteiger partial charge in [0.1, 0.15) is 11.2 Å². The number of hydrogen-bond donors (Lipinski definition) is 1. The molecule has 3 rings (SSSR count). The molecule has 6 heteroatoms. The fourth-order valence-corrected chi connectivity index (χ4v) is 2.77. The number of nitro groups is 1. The third-order valence-corrected chi connectivity index (χ3v) is 3.81. The second kappa shape index (κ2) is 5.92. The molecule has 0 aliphatic heterocycles. The molecule has 0 unspecified atom stereocenters. The van der Waals surface area contributed by atoms with Crippen LogP contribution in [-0.4, -0.2) is 15.4 Å². The fraction of sp³-hybridized carbons (Fsp3) is 0.118. The topological polar surface area (TPSA) is 91.2 Å². The van der Waals surface area contributed by atoms with Gasteiger partial charge in [-0.3, -0.25) is 14.9 Å². The summed E-state index contributed by atoms with van der Waals surface area (Å²) in [6.45, 7) is 0.441. The summed E-state index contributed by atoms with van der Waals surface area (Å²) in [5.74, 6) is -0.594. The molecule has 6 nitrogen and oxygen atoms in total. The highest BCUT2D eigenvalue weighted by Crippen LogP contribution is 2.29. The summed E-state index contributed by atoms with van der Waals surface area (Å²) in [4.78, 5) is 22.6. The van der Waals surface area contributed by atoms with E-state index < -0.39 is 10.8 Å². The minimum atomic E-state index is -0.594. The number of aryl methyl sites for hydroxylation is 2. The number of hydrogen-bond acceptors (Lipinski definition) is 3. The summed E-state index contributed by atoms with van der Waals surface area (Å²) in [7, 11) is 0. The van der Waals surface area contributed by atoms with Crippen LogP contribution >= 0.6 is 0 Å². The number of rotatable bonds is 5. The molecule has 0 aliphatic rings. The lowest BCUT2D eigenvalue weighted by atomic mass is 10.1. The lowest BCUT2D eigenvalue weighted by Gasteiger charge is -2.09. The van der Waals surface area contributed by atoms with Crippen LogP contribution in [0.3, 0.4) is 0 Å². The highest BCUT2D eigenvalue weighted by Gasteiger charge is 2.20. The number of aromatic nitrogens is 1. The van der Waals surface area contributed by atoms with Crippen LogP contribution in [-0.2, 0) is 13.0 Å². The Morgan fingerprint density at radius 3 is 2.52 bits per heavy atom. The van der Waals surface area contributed by atoms with Crippen LogP contribution in [0.25, 0.3) is 10.9 Å². The van der Waals surface area contributed by atoms with Gasteiger partial charge < -0.3 is 10.3 Å². The smallest absolute Gasteiger partial charge is 0.293 e. The van der Waals surface area contributed by atoms with E-state index in [-0.39, 0.29) is 11.4 Å². The lowest BCUT2D eigenvalue weighted by Crippen LogP contribution is -2.17. The molecule has 0 fully saturated rings. The standard InChI is InChI=1S/C17H15N3O3/c18-17(21)15-11-13-7-4-8-14(20(22)23)16(13)19(15)10-9-12-5-2-1-3-6-12/h1-8,11H,9-10H2,(H2,18,21). The van der Waals surface area contributed by atoms with Crippen molar-refractivity contribution >= 4 is 22.5 Å². The molecule has 1 aromatic heterocycles. The molecule has 0 saturated heterocycles. The van der Waals surface area contributed by atoms with Crippen LogP contribution in [0.4, 0.5) is 5.69 Å². The molecule has 3 aromatic rings. The SMILES string of the molecule is NC(=O)c1cc2cccc([N+](=O)[O-])c2n1CCc1ccccc1. The summed E-state index contributed by atoms with van der Waals surface area (Å²) >= 11 is 0. The van der Waals surface area contributed by atoms with Crippen molar-refractivity contribution in [3.05, 3.63) is 76.0 Å². The van der Waals surface area contributed by atoms with Crippen LogP contribution in [0.5, 0.6) is 0 Å². The molecular weight excluding hydrogens is 294 g/mol. The average molecular weight is 309 g/mol. The number of amides is 1. The Morgan fingerprint density at radius 2 is 1.87 bits per heavy atom. The lowest BCUT2D eigenvalue weighted by molar-refractivity contribution is -0.383. The minimum absolute atomic E-state index is 0.0249. The van der Waals surface area contributed by atoms with Gasteiger partial charge in [-0.25, -0.2) is 0 Å². The van der Waals surface area contributed by atoms with Gasteiger partial charge in [-0.15, -0.1) is 0 Å². The van der Waals surface area contributed by atoms with E-state index in [0.717, 1.165) is 5.56 Å². The van der Waals surface area contributed by atoms with Crippen LogP contribution in [0.15, 0.2) is 54.6 Å². The Morgan fingerprint density at radius 1 is 1.13 bits per heavy atom. The zero-order valence-corrected chi connectivity index (χ0v) is 12.3. The van der Waals surface area contributed by atoms with Gasteiger partial charge in [-0.1, -0.05) is 42.5 Å². The van der Waals surface area contributed by atoms with Crippen LogP contribution < -0.4 is 5.73 Å². The van der Waals surface area contributed by atoms with Crippen molar-refractivity contribution in [3.8, 4) is 0 Å². The van der Waals surface area contributed by atoms with Crippen LogP contribution in [0, 0.1) is 10.1 Å². The molecule has 2 aromatic carbocycles. The van der Waals surface area contributed by atoms with Gasteiger partial charge in [0, 0.05) is 18.0 Å². The number of carbonyl (C=O) groups excluding carboxylic acids is 1. The van der Waals surface area contributed by atoms with Gasteiger partial charge in [0.05, 0.1) is 4.92 Å². The maximum atomic E-state index is 11.7. The minimum Gasteiger partial charge on any atom is -0.364 e. The van der Waals surface area contributed by atoms with Crippen LogP contribution in [0.1, 0.15) is 16.1 Å². The molecular formula is C17H15N3O3. The summed E-state index contributed by atoms with van der Waals surface area (Å²) in [5, 5.41) is 11.9. The Hall–Kier alpha value is -3.15. The second-order valence-electron chi connectivity index (χ2n) is 5.25. The Labute approximate surface area is 132 Å². The zero-order valence-electron chi connectivity index (χ0n) is 12.3. The molecule has 0 aliphatic carbocycles. The predicted octanol–water partition coefficient (Wildman–Crippen LogP) is 2.89. The molecule has 0 bridgehead atoms. The predicted molar refractivity (Wildman–Crippen MR) is 87.3 cm³/mol. The van der Waals surface area contributed by atoms with Crippen molar-refractivity contribution in [3.63, 3.8) is 0 Å². The largest absolute Gasteiger partial charge is 0.364 e. The highest BCUT2D eigenvalue weighted by atomic mass is 16.6. The van der Waals surface area contributed by atoms with E-state index in [1.165, 1.54) is 6.07 Å². The highest BCUT2D eigenvalue weighted by molar-refractivity contribution is 6.00. The molecule has 1 heterocycles. The number of para-hydroxylation sites is 1. The molecule has 116 valence electrons. The number of fused-ring (bicyclic) bond motifs is 1. The van der Waals surface area contributed by atoms with Gasteiger partial charge in [0.15, 0.2) is 0 Å². The Bertz CT molecular complexity index is 885. The number of carbonyl (C=O) groups is 1. The van der Waals surface area contributed by atoms with E-state index >= 15 is 0 Å². The molecule has 0 saturated carbocycles. The number of nitrogens with zero attached hydrogens (tertiary/aromatic N) is 2. The second-order valence-corrected chi connectivity index (χ2v) is 5.25. The van der Waals surface area contributed by atoms with Crippen molar-refractivity contribution in [1.82, 2.24) is 4.57 Å². The van der Waals surface area contributed by atoms with Crippen LogP contribution in [0.2, 0.25) is 0 Å². The van der Waals surface area contributed by atoms with Gasteiger partial charge in [-0.05, 0) is 18.1 Å². The quantitative estimate of drug-likeness (QED) is 0.580. The summed E-state index contributed by atoms with van der Waals surface area (Å²) < 4.78 is 1.64. The van der Waals surface area contributed by atoms with Crippen molar-refractivity contribution in [2.75, 3.05) is 0 Å². The van der Waals surface area contributed by atoms with Gasteiger partial charge >= 0.3 is 0 Å². The van der Waals surface area contributed by atoms with E-state index in [0.29, 0.717) is 23.9 Å². The molecule has 0 spiro atoms. The van der Waals surface area contributed by atoms with Crippen molar-refractivity contribution < 1.29 is 9.72 Å². The molecule has 23 heavy (non-hydrogen) atoms. The van der Waals surface area contributed by atoms with E-state index in [9.17, 15) is 14.9 Å². The summed E-state index contributed by atoms with van der Waals surface area (Å²) in [6, 6.07) is 16.1. The number of nitro benzene ring substituents is 1. The first-order chi connectivity index (χ1) is 11.1. The third-order valence-electron chi connectivity index (χ3n) is 3.81. The van der Waals surface area contributed by atoms with Gasteiger partial charge in [0.2, 0.25) is 0 Å². The van der Waals surface area contributed by atoms with Crippen molar-refractivity contribution in [2.45, 2.75) is 13.0 Å². The zero-order chi connectivity index (χ0) is 16.4. The summed E-state index contributed by atoms with van der Waals surface area (Å²) in [6.07, 6.45) is 0.650. The molecule has 2 N–H and O–H groups in total. The molecule has 0 atom stereocenters. The average Bonchev–Trinajstić information content (AvgIpc) is 2.92. The normalized spacial score (nSPS) is 10.8. The van der Waals surface area contributed by atoms with Gasteiger partial charge in [0.25, 0.3) is 11.6 Å². The van der Waals surface area contributed by atoms with E-state index in [2.05, 4.69) is 0 Å². The van der Waals surface area contributed by atoms with Crippen molar-refractivity contribution in [2.24, 2.45) is 5.73 Å². The fourth-order valence-electron chi connectivity index (χ4n) is 2.77. The van der Waals surface area contributed by atoms with E-state index in [4.69, 9.17) is 5.73 Å². The van der Waals surface area contributed by atoms with E-state index in [1.54, 1.807) is 22.8 Å². The van der Waals surface area contributed by atoms with Crippen molar-refractivity contribution in [1.29, 1.82) is 0 Å². The van der Waals surface area contributed by atoms with E-state index in [1.807, 2.05) is 30.3 Å². The maximum Gasteiger partial charge on any atom is 0.293 e. The first kappa shape index (κ1) is 14.8. The monoisotopic (exact) mass is 309 g/mol. The Balaban J connectivity index is 2.10. The van der Waals surface area contributed by atoms with Gasteiger partial charge in [-0.2, -0.15) is 0 Å². The number of benzene rings is 2. The molecule has 1 amide bonds. The first-order valence-corrected chi connectivity index (χ1v) is 7.18. The maximum absolute atomic E-state index is 11.7. The molecule has 0 radical (unpaired) electrons. The number of primary amides is 1. The number of nitrogens with two attached hydrogens (primary N) is 1. The Kier molecular flexibility index (Phi) is 3.80. The summed E-state index contributed by atoms with van der Waals surface area (Å²) in [5.41, 5.74) is 7.22. The third kappa shape index (κ3) is 2.78.